The van der Waals surface area contributed by atoms with Crippen molar-refractivity contribution in [3.05, 3.63) is 139 Å². The maximum absolute atomic E-state index is 10.3. The summed E-state index contributed by atoms with van der Waals surface area (Å²) in [6.45, 7) is 0. The number of hydrogen-bond acceptors (Lipinski definition) is 4. The van der Waals surface area contributed by atoms with Crippen LogP contribution in [-0.4, -0.2) is 14.5 Å². The Morgan fingerprint density at radius 3 is 1.56 bits per heavy atom. The first-order chi connectivity index (χ1) is 20.2. The molecule has 5 aromatic carbocycles. The van der Waals surface area contributed by atoms with E-state index in [2.05, 4.69) is 106 Å². The Labute approximate surface area is 236 Å². The van der Waals surface area contributed by atoms with Gasteiger partial charge in [-0.15, -0.1) is 0 Å². The van der Waals surface area contributed by atoms with E-state index in [1.807, 2.05) is 36.4 Å². The highest BCUT2D eigenvalue weighted by atomic mass is 15.0. The number of rotatable bonds is 4. The molecule has 0 aliphatic carbocycles. The molecule has 2 aromatic heterocycles. The second-order valence-electron chi connectivity index (χ2n) is 9.78. The minimum Gasteiger partial charge on any atom is -0.308 e. The summed E-state index contributed by atoms with van der Waals surface area (Å²) in [5.41, 5.74) is 9.00. The lowest BCUT2D eigenvalue weighted by molar-refractivity contribution is 1.14. The van der Waals surface area contributed by atoms with Crippen LogP contribution in [0.3, 0.4) is 0 Å². The smallest absolute Gasteiger partial charge is 0.159 e. The summed E-state index contributed by atoms with van der Waals surface area (Å²) < 4.78 is 2.16. The van der Waals surface area contributed by atoms with Gasteiger partial charge in [-0.05, 0) is 64.7 Å². The molecule has 0 spiro atoms. The van der Waals surface area contributed by atoms with E-state index in [1.165, 1.54) is 12.4 Å². The molecule has 0 radical (unpaired) electrons. The summed E-state index contributed by atoms with van der Waals surface area (Å²) in [4.78, 5) is 8.63. The van der Waals surface area contributed by atoms with Crippen LogP contribution < -0.4 is 0 Å². The van der Waals surface area contributed by atoms with Crippen LogP contribution in [0.2, 0.25) is 0 Å². The highest BCUT2D eigenvalue weighted by Crippen LogP contribution is 2.38. The van der Waals surface area contributed by atoms with Gasteiger partial charge in [0.15, 0.2) is 5.82 Å². The van der Waals surface area contributed by atoms with Gasteiger partial charge in [0.2, 0.25) is 0 Å². The molecule has 7 aromatic rings. The Hall–Kier alpha value is -6.04. The first-order valence-electron chi connectivity index (χ1n) is 13.2. The monoisotopic (exact) mass is 523 g/mol. The fourth-order valence-corrected chi connectivity index (χ4v) is 5.40. The normalized spacial score (nSPS) is 10.9. The summed E-state index contributed by atoms with van der Waals surface area (Å²) in [5.74, 6) is 0.467. The van der Waals surface area contributed by atoms with Crippen LogP contribution in [0.15, 0.2) is 128 Å². The van der Waals surface area contributed by atoms with Crippen LogP contribution in [0.5, 0.6) is 0 Å². The minimum atomic E-state index is 0.390. The van der Waals surface area contributed by atoms with E-state index < -0.39 is 0 Å². The summed E-state index contributed by atoms with van der Waals surface area (Å²) in [6.07, 6.45) is 2.98. The quantitative estimate of drug-likeness (QED) is 0.232. The van der Waals surface area contributed by atoms with E-state index >= 15 is 0 Å². The van der Waals surface area contributed by atoms with Gasteiger partial charge in [0.25, 0.3) is 0 Å². The number of fused-ring (bicyclic) bond motifs is 3. The zero-order chi connectivity index (χ0) is 27.8. The number of benzene rings is 5. The molecule has 0 saturated carbocycles. The first kappa shape index (κ1) is 24.0. The van der Waals surface area contributed by atoms with Gasteiger partial charge >= 0.3 is 0 Å². The Morgan fingerprint density at radius 2 is 1.05 bits per heavy atom. The van der Waals surface area contributed by atoms with E-state index in [4.69, 9.17) is 5.26 Å². The van der Waals surface area contributed by atoms with Gasteiger partial charge in [0, 0.05) is 28.7 Å². The standard InChI is InChI=1S/C36H21N5/c37-20-24-22-39-36(40-23-24)29-13-14-33(30(17-29)21-38)41-34-15-11-27(25-7-3-1-4-8-25)18-31(34)32-19-28(12-16-35(32)41)26-9-5-2-6-10-26/h1-19,22-23H. The molecule has 0 amide bonds. The van der Waals surface area contributed by atoms with Crippen LogP contribution in [0, 0.1) is 22.7 Å². The third-order valence-corrected chi connectivity index (χ3v) is 7.38. The molecule has 2 heterocycles. The van der Waals surface area contributed by atoms with E-state index in [1.54, 1.807) is 0 Å². The average Bonchev–Trinajstić information content (AvgIpc) is 3.38. The molecule has 5 nitrogen and oxygen atoms in total. The number of hydrogen-bond donors (Lipinski definition) is 0. The maximum atomic E-state index is 10.3. The van der Waals surface area contributed by atoms with Gasteiger partial charge in [-0.1, -0.05) is 72.8 Å². The van der Waals surface area contributed by atoms with E-state index in [0.717, 1.165) is 49.7 Å². The van der Waals surface area contributed by atoms with Crippen LogP contribution >= 0.6 is 0 Å². The summed E-state index contributed by atoms with van der Waals surface area (Å²) in [7, 11) is 0. The summed E-state index contributed by atoms with van der Waals surface area (Å²) in [6, 6.07) is 43.9. The lowest BCUT2D eigenvalue weighted by atomic mass is 10.0. The lowest BCUT2D eigenvalue weighted by Gasteiger charge is -2.12. The topological polar surface area (TPSA) is 78.3 Å². The third-order valence-electron chi connectivity index (χ3n) is 7.38. The van der Waals surface area contributed by atoms with E-state index in [-0.39, 0.29) is 0 Å². The van der Waals surface area contributed by atoms with Crippen molar-refractivity contribution in [2.45, 2.75) is 0 Å². The number of nitriles is 2. The van der Waals surface area contributed by atoms with Crippen LogP contribution in [-0.2, 0) is 0 Å². The Balaban J connectivity index is 1.47. The molecule has 0 unspecified atom stereocenters. The van der Waals surface area contributed by atoms with Crippen LogP contribution in [0.25, 0.3) is 61.1 Å². The van der Waals surface area contributed by atoms with Crippen molar-refractivity contribution in [3.63, 3.8) is 0 Å². The van der Waals surface area contributed by atoms with E-state index in [9.17, 15) is 5.26 Å². The zero-order valence-electron chi connectivity index (χ0n) is 21.9. The van der Waals surface area contributed by atoms with Gasteiger partial charge in [0.1, 0.15) is 12.1 Å². The van der Waals surface area contributed by atoms with Gasteiger partial charge in [-0.2, -0.15) is 10.5 Å². The van der Waals surface area contributed by atoms with Gasteiger partial charge in [-0.3, -0.25) is 0 Å². The molecule has 5 heteroatoms. The summed E-state index contributed by atoms with van der Waals surface area (Å²) in [5, 5.41) is 21.6. The predicted octanol–water partition coefficient (Wildman–Crippen LogP) is 8.32. The van der Waals surface area contributed by atoms with Crippen molar-refractivity contribution in [2.75, 3.05) is 0 Å². The van der Waals surface area contributed by atoms with Crippen molar-refractivity contribution in [2.24, 2.45) is 0 Å². The van der Waals surface area contributed by atoms with Crippen LogP contribution in [0.4, 0.5) is 0 Å². The number of nitrogens with zero attached hydrogens (tertiary/aromatic N) is 5. The van der Waals surface area contributed by atoms with Gasteiger partial charge in [0.05, 0.1) is 27.8 Å². The molecule has 0 aliphatic rings. The fraction of sp³-hybridized carbons (Fsp3) is 0. The molecular formula is C36H21N5. The molecule has 0 bridgehead atoms. The van der Waals surface area contributed by atoms with Crippen LogP contribution in [0.1, 0.15) is 11.1 Å². The Kier molecular flexibility index (Phi) is 5.82. The van der Waals surface area contributed by atoms with Gasteiger partial charge in [-0.25, -0.2) is 9.97 Å². The Bertz CT molecular complexity index is 2050. The second-order valence-corrected chi connectivity index (χ2v) is 9.78. The average molecular weight is 524 g/mol. The highest BCUT2D eigenvalue weighted by Gasteiger charge is 2.17. The fourth-order valence-electron chi connectivity index (χ4n) is 5.40. The molecule has 190 valence electrons. The van der Waals surface area contributed by atoms with Crippen molar-refractivity contribution >= 4 is 21.8 Å². The largest absolute Gasteiger partial charge is 0.308 e. The predicted molar refractivity (Wildman–Crippen MR) is 162 cm³/mol. The minimum absolute atomic E-state index is 0.390. The molecule has 0 aliphatic heterocycles. The summed E-state index contributed by atoms with van der Waals surface area (Å²) >= 11 is 0. The zero-order valence-corrected chi connectivity index (χ0v) is 21.9. The van der Waals surface area contributed by atoms with Crippen molar-refractivity contribution < 1.29 is 0 Å². The number of aromatic nitrogens is 3. The molecule has 7 rings (SSSR count). The molecular weight excluding hydrogens is 502 g/mol. The second kappa shape index (κ2) is 9.93. The van der Waals surface area contributed by atoms with Crippen molar-refractivity contribution in [1.29, 1.82) is 10.5 Å². The molecule has 0 N–H and O–H groups in total. The molecule has 0 saturated heterocycles. The van der Waals surface area contributed by atoms with Gasteiger partial charge < -0.3 is 4.57 Å². The maximum Gasteiger partial charge on any atom is 0.159 e. The van der Waals surface area contributed by atoms with Crippen molar-refractivity contribution in [1.82, 2.24) is 14.5 Å². The molecule has 41 heavy (non-hydrogen) atoms. The van der Waals surface area contributed by atoms with E-state index in [0.29, 0.717) is 22.5 Å². The van der Waals surface area contributed by atoms with Crippen molar-refractivity contribution in [3.8, 4) is 51.5 Å². The third kappa shape index (κ3) is 4.19. The first-order valence-corrected chi connectivity index (χ1v) is 13.2. The molecule has 0 atom stereocenters. The lowest BCUT2D eigenvalue weighted by Crippen LogP contribution is -1.99. The SMILES string of the molecule is N#Cc1cnc(-c2ccc(-n3c4ccc(-c5ccccc5)cc4c4cc(-c5ccccc5)ccc43)c(C#N)c2)nc1. The highest BCUT2D eigenvalue weighted by molar-refractivity contribution is 6.11. The molecule has 0 fully saturated rings. The Morgan fingerprint density at radius 1 is 0.512 bits per heavy atom.